The molecule has 0 aliphatic heterocycles. The summed E-state index contributed by atoms with van der Waals surface area (Å²) >= 11 is 1.36. The molecular weight excluding hydrogens is 231 g/mol. The third kappa shape index (κ3) is 1.90. The summed E-state index contributed by atoms with van der Waals surface area (Å²) in [6.07, 6.45) is 1.62. The van der Waals surface area contributed by atoms with Gasteiger partial charge in [0.15, 0.2) is 0 Å². The van der Waals surface area contributed by atoms with Gasteiger partial charge in [-0.15, -0.1) is 11.8 Å². The summed E-state index contributed by atoms with van der Waals surface area (Å²) in [6, 6.07) is 4.16. The number of aliphatic carboxylic acids is 1. The topological polar surface area (TPSA) is 50.4 Å². The average molecular weight is 240 g/mol. The Hall–Kier alpha value is -1.49. The first-order chi connectivity index (χ1) is 7.61. The lowest BCUT2D eigenvalue weighted by atomic mass is 10.2. The molecular formula is C11H9FO3S. The van der Waals surface area contributed by atoms with Crippen LogP contribution in [0.1, 0.15) is 5.76 Å². The van der Waals surface area contributed by atoms with Crippen molar-refractivity contribution in [2.45, 2.75) is 11.3 Å². The van der Waals surface area contributed by atoms with Crippen molar-refractivity contribution in [2.75, 3.05) is 6.26 Å². The third-order valence-electron chi connectivity index (χ3n) is 2.19. The summed E-state index contributed by atoms with van der Waals surface area (Å²) in [5, 5.41) is 9.35. The van der Waals surface area contributed by atoms with Gasteiger partial charge >= 0.3 is 5.97 Å². The lowest BCUT2D eigenvalue weighted by molar-refractivity contribution is -0.136. The normalized spacial score (nSPS) is 10.9. The van der Waals surface area contributed by atoms with Crippen molar-refractivity contribution in [2.24, 2.45) is 0 Å². The number of carbonyl (C=O) groups is 1. The van der Waals surface area contributed by atoms with Crippen LogP contribution in [0.25, 0.3) is 11.0 Å². The second-order valence-corrected chi connectivity index (χ2v) is 4.09. The van der Waals surface area contributed by atoms with Crippen molar-refractivity contribution in [3.05, 3.63) is 29.8 Å². The fourth-order valence-corrected chi connectivity index (χ4v) is 2.30. The number of halogens is 1. The number of rotatable bonds is 3. The second kappa shape index (κ2) is 4.17. The van der Waals surface area contributed by atoms with Gasteiger partial charge in [0.1, 0.15) is 23.6 Å². The Bertz CT molecular complexity index is 547. The molecule has 2 rings (SSSR count). The highest BCUT2D eigenvalue weighted by Crippen LogP contribution is 2.33. The van der Waals surface area contributed by atoms with E-state index in [1.807, 2.05) is 0 Å². The molecule has 0 atom stereocenters. The van der Waals surface area contributed by atoms with Crippen molar-refractivity contribution in [1.29, 1.82) is 0 Å². The predicted molar refractivity (Wildman–Crippen MR) is 59.3 cm³/mol. The molecule has 0 aliphatic carbocycles. The van der Waals surface area contributed by atoms with Crippen molar-refractivity contribution in [3.63, 3.8) is 0 Å². The Morgan fingerprint density at radius 3 is 2.94 bits per heavy atom. The number of furan rings is 1. The maximum absolute atomic E-state index is 13.1. The zero-order chi connectivity index (χ0) is 11.7. The van der Waals surface area contributed by atoms with Crippen LogP contribution in [0.3, 0.4) is 0 Å². The number of carboxylic acid groups (broad SMARTS) is 1. The Morgan fingerprint density at radius 1 is 1.56 bits per heavy atom. The number of thioether (sulfide) groups is 1. The molecule has 1 heterocycles. The summed E-state index contributed by atoms with van der Waals surface area (Å²) in [5.41, 5.74) is 0.516. The minimum Gasteiger partial charge on any atom is -0.481 e. The van der Waals surface area contributed by atoms with E-state index in [0.29, 0.717) is 21.6 Å². The van der Waals surface area contributed by atoms with Gasteiger partial charge in [-0.25, -0.2) is 4.39 Å². The Labute approximate surface area is 95.2 Å². The minimum atomic E-state index is -0.963. The molecule has 0 radical (unpaired) electrons. The number of hydrogen-bond donors (Lipinski definition) is 1. The number of hydrogen-bond acceptors (Lipinski definition) is 3. The molecule has 2 aromatic rings. The number of benzene rings is 1. The van der Waals surface area contributed by atoms with Crippen molar-refractivity contribution in [1.82, 2.24) is 0 Å². The van der Waals surface area contributed by atoms with Crippen LogP contribution in [0, 0.1) is 5.82 Å². The summed E-state index contributed by atoms with van der Waals surface area (Å²) in [7, 11) is 0. The Balaban J connectivity index is 2.62. The van der Waals surface area contributed by atoms with E-state index in [1.165, 1.54) is 30.0 Å². The molecule has 0 saturated carbocycles. The second-order valence-electron chi connectivity index (χ2n) is 3.27. The zero-order valence-electron chi connectivity index (χ0n) is 8.49. The largest absolute Gasteiger partial charge is 0.481 e. The monoisotopic (exact) mass is 240 g/mol. The van der Waals surface area contributed by atoms with Crippen LogP contribution in [-0.4, -0.2) is 17.3 Å². The van der Waals surface area contributed by atoms with E-state index in [-0.39, 0.29) is 12.2 Å². The molecule has 0 unspecified atom stereocenters. The van der Waals surface area contributed by atoms with E-state index in [2.05, 4.69) is 0 Å². The molecule has 5 heteroatoms. The van der Waals surface area contributed by atoms with E-state index in [4.69, 9.17) is 9.52 Å². The smallest absolute Gasteiger partial charge is 0.311 e. The van der Waals surface area contributed by atoms with E-state index < -0.39 is 5.97 Å². The van der Waals surface area contributed by atoms with Crippen LogP contribution in [-0.2, 0) is 11.2 Å². The third-order valence-corrected chi connectivity index (χ3v) is 3.04. The highest BCUT2D eigenvalue weighted by atomic mass is 32.2. The van der Waals surface area contributed by atoms with Gasteiger partial charge in [0, 0.05) is 5.39 Å². The maximum Gasteiger partial charge on any atom is 0.311 e. The lowest BCUT2D eigenvalue weighted by Crippen LogP contribution is -1.99. The molecule has 0 saturated heterocycles. The standard InChI is InChI=1S/C11H9FO3S/c1-16-11-7-4-6(12)2-3-8(7)15-9(11)5-10(13)14/h2-4H,5H2,1H3,(H,13,14). The lowest BCUT2D eigenvalue weighted by Gasteiger charge is -1.95. The summed E-state index contributed by atoms with van der Waals surface area (Å²) in [6.45, 7) is 0. The van der Waals surface area contributed by atoms with Crippen LogP contribution < -0.4 is 0 Å². The van der Waals surface area contributed by atoms with Gasteiger partial charge in [0.2, 0.25) is 0 Å². The summed E-state index contributed by atoms with van der Waals surface area (Å²) < 4.78 is 18.4. The van der Waals surface area contributed by atoms with E-state index in [9.17, 15) is 9.18 Å². The Morgan fingerprint density at radius 2 is 2.31 bits per heavy atom. The molecule has 1 aromatic heterocycles. The molecule has 1 aromatic carbocycles. The van der Waals surface area contributed by atoms with Crippen molar-refractivity contribution < 1.29 is 18.7 Å². The highest BCUT2D eigenvalue weighted by molar-refractivity contribution is 7.98. The van der Waals surface area contributed by atoms with Crippen LogP contribution in [0.2, 0.25) is 0 Å². The van der Waals surface area contributed by atoms with Gasteiger partial charge in [-0.05, 0) is 24.5 Å². The molecule has 84 valence electrons. The molecule has 0 spiro atoms. The van der Waals surface area contributed by atoms with E-state index >= 15 is 0 Å². The molecule has 3 nitrogen and oxygen atoms in total. The van der Waals surface area contributed by atoms with Gasteiger partial charge < -0.3 is 9.52 Å². The van der Waals surface area contributed by atoms with Crippen LogP contribution >= 0.6 is 11.8 Å². The fraction of sp³-hybridized carbons (Fsp3) is 0.182. The van der Waals surface area contributed by atoms with Crippen molar-refractivity contribution in [3.8, 4) is 0 Å². The highest BCUT2D eigenvalue weighted by Gasteiger charge is 2.16. The van der Waals surface area contributed by atoms with Gasteiger partial charge in [-0.1, -0.05) is 0 Å². The zero-order valence-corrected chi connectivity index (χ0v) is 9.31. The summed E-state index contributed by atoms with van der Waals surface area (Å²) in [4.78, 5) is 11.3. The van der Waals surface area contributed by atoms with Crippen LogP contribution in [0.4, 0.5) is 4.39 Å². The molecule has 0 amide bonds. The van der Waals surface area contributed by atoms with Crippen LogP contribution in [0.15, 0.2) is 27.5 Å². The van der Waals surface area contributed by atoms with Gasteiger partial charge in [0.05, 0.1) is 4.90 Å². The first-order valence-electron chi connectivity index (χ1n) is 4.58. The maximum atomic E-state index is 13.1. The first-order valence-corrected chi connectivity index (χ1v) is 5.81. The quantitative estimate of drug-likeness (QED) is 0.838. The van der Waals surface area contributed by atoms with E-state index in [1.54, 1.807) is 6.26 Å². The average Bonchev–Trinajstić information content (AvgIpc) is 2.53. The van der Waals surface area contributed by atoms with E-state index in [0.717, 1.165) is 0 Å². The van der Waals surface area contributed by atoms with Gasteiger partial charge in [0.25, 0.3) is 0 Å². The molecule has 0 fully saturated rings. The molecule has 0 aliphatic rings. The summed E-state index contributed by atoms with van der Waals surface area (Å²) in [5.74, 6) is -0.944. The Kier molecular flexibility index (Phi) is 2.87. The fourth-order valence-electron chi connectivity index (χ4n) is 1.58. The predicted octanol–water partition coefficient (Wildman–Crippen LogP) is 2.92. The molecule has 16 heavy (non-hydrogen) atoms. The minimum absolute atomic E-state index is 0.188. The first kappa shape index (κ1) is 11.0. The van der Waals surface area contributed by atoms with Crippen molar-refractivity contribution >= 4 is 28.7 Å². The number of fused-ring (bicyclic) bond motifs is 1. The number of carboxylic acids is 1. The van der Waals surface area contributed by atoms with Crippen LogP contribution in [0.5, 0.6) is 0 Å². The SMILES string of the molecule is CSc1c(CC(=O)O)oc2ccc(F)cc12. The molecule has 1 N–H and O–H groups in total. The van der Waals surface area contributed by atoms with Gasteiger partial charge in [-0.2, -0.15) is 0 Å². The van der Waals surface area contributed by atoms with Gasteiger partial charge in [-0.3, -0.25) is 4.79 Å². The molecule has 0 bridgehead atoms.